The lowest BCUT2D eigenvalue weighted by atomic mass is 9.93. The Balaban J connectivity index is 2.49. The molecule has 0 aromatic carbocycles. The fraction of sp³-hybridized carbons (Fsp3) is 0.333. The van der Waals surface area contributed by atoms with E-state index in [-0.39, 0.29) is 10.6 Å². The summed E-state index contributed by atoms with van der Waals surface area (Å²) in [6.45, 7) is 6.04. The average Bonchev–Trinajstić information content (AvgIpc) is 2.48. The summed E-state index contributed by atoms with van der Waals surface area (Å²) in [5.74, 6) is 0.0730. The highest BCUT2D eigenvalue weighted by molar-refractivity contribution is 7.82. The van der Waals surface area contributed by atoms with Gasteiger partial charge < -0.3 is 0 Å². The summed E-state index contributed by atoms with van der Waals surface area (Å²) in [4.78, 5) is 0. The van der Waals surface area contributed by atoms with Crippen molar-refractivity contribution in [2.24, 2.45) is 5.92 Å². The molecule has 21 heavy (non-hydrogen) atoms. The molecule has 0 saturated carbocycles. The summed E-state index contributed by atoms with van der Waals surface area (Å²) >= 11 is 9.20. The second-order valence-electron chi connectivity index (χ2n) is 6.09. The van der Waals surface area contributed by atoms with E-state index in [1.165, 1.54) is 12.2 Å². The second-order valence-corrected chi connectivity index (χ2v) is 8.02. The van der Waals surface area contributed by atoms with Crippen LogP contribution in [0, 0.1) is 5.92 Å². The highest BCUT2D eigenvalue weighted by Gasteiger charge is 2.20. The first-order chi connectivity index (χ1) is 9.67. The third kappa shape index (κ3) is 4.79. The molecule has 2 aliphatic carbocycles. The molecule has 112 valence electrons. The zero-order valence-electron chi connectivity index (χ0n) is 12.5. The average molecular weight is 320 g/mol. The molecule has 0 aromatic heterocycles. The van der Waals surface area contributed by atoms with Crippen molar-refractivity contribution < 1.29 is 4.39 Å². The van der Waals surface area contributed by atoms with Crippen molar-refractivity contribution in [3.05, 3.63) is 71.7 Å². The zero-order chi connectivity index (χ0) is 15.7. The van der Waals surface area contributed by atoms with Crippen molar-refractivity contribution in [3.8, 4) is 0 Å². The Morgan fingerprint density at radius 3 is 2.24 bits per heavy atom. The molecule has 2 rings (SSSR count). The van der Waals surface area contributed by atoms with Gasteiger partial charge in [0.05, 0.1) is 0 Å². The highest BCUT2D eigenvalue weighted by atomic mass is 32.1. The van der Waals surface area contributed by atoms with Gasteiger partial charge in [-0.1, -0.05) is 49.5 Å². The molecule has 2 aliphatic rings. The van der Waals surface area contributed by atoms with Gasteiger partial charge >= 0.3 is 0 Å². The predicted molar refractivity (Wildman–Crippen MR) is 96.7 cm³/mol. The summed E-state index contributed by atoms with van der Waals surface area (Å²) in [6, 6.07) is 0. The van der Waals surface area contributed by atoms with Gasteiger partial charge in [-0.3, -0.25) is 0 Å². The van der Waals surface area contributed by atoms with Gasteiger partial charge in [0.1, 0.15) is 5.83 Å². The molecule has 0 saturated heterocycles. The maximum atomic E-state index is 13.7. The molecule has 2 unspecified atom stereocenters. The van der Waals surface area contributed by atoms with E-state index in [0.717, 1.165) is 11.1 Å². The Kier molecular flexibility index (Phi) is 4.74. The van der Waals surface area contributed by atoms with Crippen molar-refractivity contribution in [2.45, 2.75) is 30.3 Å². The molecule has 0 fully saturated rings. The minimum absolute atomic E-state index is 0.268. The molecule has 0 aromatic rings. The third-order valence-electron chi connectivity index (χ3n) is 3.40. The van der Waals surface area contributed by atoms with E-state index in [2.05, 4.69) is 62.6 Å². The van der Waals surface area contributed by atoms with E-state index in [4.69, 9.17) is 0 Å². The summed E-state index contributed by atoms with van der Waals surface area (Å²) in [7, 11) is 0. The quantitative estimate of drug-likeness (QED) is 0.469. The molecule has 0 bridgehead atoms. The molecule has 3 atom stereocenters. The summed E-state index contributed by atoms with van der Waals surface area (Å²) in [5, 5.41) is 0. The molecule has 0 N–H and O–H groups in total. The maximum absolute atomic E-state index is 13.7. The monoisotopic (exact) mass is 320 g/mol. The Hall–Kier alpha value is -0.930. The zero-order valence-corrected chi connectivity index (χ0v) is 14.3. The highest BCUT2D eigenvalue weighted by Crippen LogP contribution is 2.32. The van der Waals surface area contributed by atoms with Gasteiger partial charge in [0.2, 0.25) is 0 Å². The Morgan fingerprint density at radius 1 is 0.905 bits per heavy atom. The van der Waals surface area contributed by atoms with Crippen LogP contribution in [-0.4, -0.2) is 9.49 Å². The van der Waals surface area contributed by atoms with E-state index >= 15 is 0 Å². The van der Waals surface area contributed by atoms with Crippen LogP contribution >= 0.6 is 25.3 Å². The fourth-order valence-electron chi connectivity index (χ4n) is 2.34. The Bertz CT molecular complexity index is 599. The molecule has 0 heterocycles. The van der Waals surface area contributed by atoms with Gasteiger partial charge in [0.15, 0.2) is 0 Å². The van der Waals surface area contributed by atoms with E-state index in [9.17, 15) is 4.39 Å². The third-order valence-corrected chi connectivity index (χ3v) is 3.93. The minimum Gasteiger partial charge on any atom is -0.207 e. The van der Waals surface area contributed by atoms with Crippen molar-refractivity contribution >= 4 is 25.3 Å². The molecular weight excluding hydrogens is 299 g/mol. The van der Waals surface area contributed by atoms with Gasteiger partial charge in [0, 0.05) is 9.49 Å². The van der Waals surface area contributed by atoms with Crippen LogP contribution in [0.3, 0.4) is 0 Å². The van der Waals surface area contributed by atoms with Crippen LogP contribution in [0.15, 0.2) is 71.7 Å². The SMILES string of the molecule is C[C@H]1/C=C\C(C2=CC(C)(S)C=C(F)C=C2)=C/C(C)(S)/C=C\1. The molecule has 3 heteroatoms. The summed E-state index contributed by atoms with van der Waals surface area (Å²) in [5.41, 5.74) is 1.98. The first-order valence-corrected chi connectivity index (χ1v) is 7.91. The normalized spacial score (nSPS) is 41.8. The standard InChI is InChI=1S/C18H21FS2/c1-13-4-5-14(10-17(2,20)9-8-13)15-6-7-16(19)12-18(3,21)11-15/h4-13,20-21H,1-3H3/b5-4-,9-8-,14-10+/t13-,17?,18?/m0/s1. The van der Waals surface area contributed by atoms with Crippen molar-refractivity contribution in [1.82, 2.24) is 0 Å². The summed E-state index contributed by atoms with van der Waals surface area (Å²) in [6.07, 6.45) is 17.3. The van der Waals surface area contributed by atoms with Gasteiger partial charge in [0.25, 0.3) is 0 Å². The predicted octanol–water partition coefficient (Wildman–Crippen LogP) is 5.40. The van der Waals surface area contributed by atoms with Gasteiger partial charge in [-0.25, -0.2) is 4.39 Å². The number of halogens is 1. The van der Waals surface area contributed by atoms with Crippen molar-refractivity contribution in [1.29, 1.82) is 0 Å². The van der Waals surface area contributed by atoms with E-state index < -0.39 is 4.75 Å². The molecule has 0 nitrogen and oxygen atoms in total. The van der Waals surface area contributed by atoms with Gasteiger partial charge in [-0.2, -0.15) is 25.3 Å². The summed E-state index contributed by atoms with van der Waals surface area (Å²) < 4.78 is 12.7. The van der Waals surface area contributed by atoms with E-state index in [1.807, 2.05) is 19.9 Å². The molecular formula is C18H21FS2. The molecule has 0 aliphatic heterocycles. The first-order valence-electron chi connectivity index (χ1n) is 7.02. The second kappa shape index (κ2) is 6.05. The molecule has 0 radical (unpaired) electrons. The number of thiol groups is 2. The lowest BCUT2D eigenvalue weighted by Gasteiger charge is -2.21. The lowest BCUT2D eigenvalue weighted by Crippen LogP contribution is -2.13. The van der Waals surface area contributed by atoms with Crippen LogP contribution in [0.5, 0.6) is 0 Å². The maximum Gasteiger partial charge on any atom is 0.120 e. The first kappa shape index (κ1) is 16.4. The molecule has 0 amide bonds. The van der Waals surface area contributed by atoms with Crippen LogP contribution in [0.25, 0.3) is 0 Å². The number of hydrogen-bond donors (Lipinski definition) is 2. The van der Waals surface area contributed by atoms with Crippen LogP contribution in [0.4, 0.5) is 4.39 Å². The number of hydrogen-bond acceptors (Lipinski definition) is 2. The Morgan fingerprint density at radius 2 is 1.52 bits per heavy atom. The van der Waals surface area contributed by atoms with Crippen LogP contribution < -0.4 is 0 Å². The van der Waals surface area contributed by atoms with E-state index in [1.54, 1.807) is 6.08 Å². The number of rotatable bonds is 1. The van der Waals surface area contributed by atoms with Gasteiger partial charge in [-0.15, -0.1) is 0 Å². The fourth-order valence-corrected chi connectivity index (χ4v) is 2.83. The van der Waals surface area contributed by atoms with Crippen LogP contribution in [-0.2, 0) is 0 Å². The van der Waals surface area contributed by atoms with Crippen molar-refractivity contribution in [2.75, 3.05) is 0 Å². The lowest BCUT2D eigenvalue weighted by molar-refractivity contribution is 0.658. The van der Waals surface area contributed by atoms with Gasteiger partial charge in [-0.05, 0) is 43.1 Å². The van der Waals surface area contributed by atoms with Crippen LogP contribution in [0.1, 0.15) is 20.8 Å². The smallest absolute Gasteiger partial charge is 0.120 e. The Labute approximate surface area is 137 Å². The minimum atomic E-state index is -0.617. The van der Waals surface area contributed by atoms with Crippen molar-refractivity contribution in [3.63, 3.8) is 0 Å². The topological polar surface area (TPSA) is 0 Å². The molecule has 0 spiro atoms. The largest absolute Gasteiger partial charge is 0.207 e. The van der Waals surface area contributed by atoms with Crippen LogP contribution in [0.2, 0.25) is 0 Å². The van der Waals surface area contributed by atoms with E-state index in [0.29, 0.717) is 5.92 Å². The number of allylic oxidation sites excluding steroid dienone is 8.